The molecule has 2 aliphatic heterocycles. The van der Waals surface area contributed by atoms with Gasteiger partial charge >= 0.3 is 0 Å². The van der Waals surface area contributed by atoms with Crippen molar-refractivity contribution in [3.63, 3.8) is 0 Å². The molecular formula is C15H17N3O2S. The first kappa shape index (κ1) is 14.0. The van der Waals surface area contributed by atoms with E-state index in [1.54, 1.807) is 26.0 Å². The van der Waals surface area contributed by atoms with Crippen LogP contribution in [-0.2, 0) is 0 Å². The predicted octanol–water partition coefficient (Wildman–Crippen LogP) is 3.40. The van der Waals surface area contributed by atoms with Gasteiger partial charge in [0.15, 0.2) is 16.7 Å². The number of benzene rings is 1. The lowest BCUT2D eigenvalue weighted by Crippen LogP contribution is -2.27. The van der Waals surface area contributed by atoms with Gasteiger partial charge in [-0.2, -0.15) is 5.10 Å². The zero-order valence-corrected chi connectivity index (χ0v) is 13.3. The van der Waals surface area contributed by atoms with E-state index in [0.29, 0.717) is 0 Å². The van der Waals surface area contributed by atoms with Gasteiger partial charge < -0.3 is 9.47 Å². The average Bonchev–Trinajstić information content (AvgIpc) is 2.85. The molecule has 0 saturated carbocycles. The molecule has 2 heterocycles. The maximum Gasteiger partial charge on any atom is 0.191 e. The predicted molar refractivity (Wildman–Crippen MR) is 86.0 cm³/mol. The molecule has 0 N–H and O–H groups in total. The quantitative estimate of drug-likeness (QED) is 0.858. The molecule has 0 spiro atoms. The number of hydrogen-bond donors (Lipinski definition) is 0. The van der Waals surface area contributed by atoms with Gasteiger partial charge in [0.2, 0.25) is 0 Å². The van der Waals surface area contributed by atoms with Crippen LogP contribution in [0.25, 0.3) is 0 Å². The molecule has 6 heteroatoms. The molecule has 0 amide bonds. The fourth-order valence-electron chi connectivity index (χ4n) is 2.41. The molecule has 5 nitrogen and oxygen atoms in total. The zero-order chi connectivity index (χ0) is 15.0. The summed E-state index contributed by atoms with van der Waals surface area (Å²) in [6.07, 6.45) is 2.10. The molecule has 0 fully saturated rings. The first-order valence-electron chi connectivity index (χ1n) is 6.63. The van der Waals surface area contributed by atoms with Crippen molar-refractivity contribution in [3.05, 3.63) is 35.5 Å². The number of allylic oxidation sites excluding steroid dienone is 1. The molecule has 0 bridgehead atoms. The van der Waals surface area contributed by atoms with Crippen molar-refractivity contribution >= 4 is 22.0 Å². The smallest absolute Gasteiger partial charge is 0.191 e. The van der Waals surface area contributed by atoms with Crippen molar-refractivity contribution in [2.75, 3.05) is 14.2 Å². The van der Waals surface area contributed by atoms with E-state index in [-0.39, 0.29) is 6.04 Å². The van der Waals surface area contributed by atoms with Crippen LogP contribution in [-0.4, -0.2) is 29.4 Å². The van der Waals surface area contributed by atoms with E-state index in [2.05, 4.69) is 16.2 Å². The minimum Gasteiger partial charge on any atom is -0.493 e. The molecule has 0 radical (unpaired) electrons. The van der Waals surface area contributed by atoms with Crippen LogP contribution in [0.3, 0.4) is 0 Å². The van der Waals surface area contributed by atoms with E-state index < -0.39 is 0 Å². The Morgan fingerprint density at radius 3 is 2.62 bits per heavy atom. The van der Waals surface area contributed by atoms with Crippen LogP contribution in [0, 0.1) is 0 Å². The van der Waals surface area contributed by atoms with E-state index in [0.717, 1.165) is 33.0 Å². The largest absolute Gasteiger partial charge is 0.493 e. The number of hydrogen-bond acceptors (Lipinski definition) is 6. The van der Waals surface area contributed by atoms with E-state index in [1.165, 1.54) is 0 Å². The molecule has 0 aromatic heterocycles. The number of thioether (sulfide) groups is 1. The molecule has 1 atom stereocenters. The van der Waals surface area contributed by atoms with Gasteiger partial charge in [0.25, 0.3) is 0 Å². The van der Waals surface area contributed by atoms with Crippen LogP contribution in [0.2, 0.25) is 0 Å². The van der Waals surface area contributed by atoms with Crippen LogP contribution in [0.5, 0.6) is 11.5 Å². The van der Waals surface area contributed by atoms with Crippen molar-refractivity contribution in [1.82, 2.24) is 5.01 Å². The highest BCUT2D eigenvalue weighted by atomic mass is 32.2. The van der Waals surface area contributed by atoms with Crippen LogP contribution in [0.1, 0.15) is 25.5 Å². The zero-order valence-electron chi connectivity index (χ0n) is 12.5. The van der Waals surface area contributed by atoms with Crippen LogP contribution >= 0.6 is 11.8 Å². The van der Waals surface area contributed by atoms with Crippen molar-refractivity contribution in [3.8, 4) is 11.5 Å². The first-order valence-corrected chi connectivity index (χ1v) is 7.45. The molecular weight excluding hydrogens is 286 g/mol. The van der Waals surface area contributed by atoms with Gasteiger partial charge in [0.05, 0.1) is 19.3 Å². The number of hydrazone groups is 1. The molecule has 0 saturated heterocycles. The Kier molecular flexibility index (Phi) is 3.63. The molecule has 21 heavy (non-hydrogen) atoms. The van der Waals surface area contributed by atoms with Gasteiger partial charge in [-0.3, -0.25) is 0 Å². The summed E-state index contributed by atoms with van der Waals surface area (Å²) in [4.78, 5) is 4.54. The summed E-state index contributed by atoms with van der Waals surface area (Å²) in [7, 11) is 3.28. The van der Waals surface area contributed by atoms with Crippen LogP contribution in [0.4, 0.5) is 0 Å². The van der Waals surface area contributed by atoms with Crippen molar-refractivity contribution in [2.45, 2.75) is 19.9 Å². The molecule has 3 rings (SSSR count). The lowest BCUT2D eigenvalue weighted by Gasteiger charge is -2.27. The van der Waals surface area contributed by atoms with E-state index in [1.807, 2.05) is 37.1 Å². The number of rotatable bonds is 3. The molecule has 0 aliphatic carbocycles. The maximum atomic E-state index is 5.39. The fraction of sp³-hybridized carbons (Fsp3) is 0.333. The topological polar surface area (TPSA) is 46.4 Å². The summed E-state index contributed by atoms with van der Waals surface area (Å²) >= 11 is 1.60. The second-order valence-corrected chi connectivity index (χ2v) is 5.99. The standard InChI is InChI=1S/C15H17N3O2S/c1-9-7-12(18-15(16-9)21-10(2)17-18)11-5-6-13(19-3)14(8-11)20-4/h5-8,12H,1-4H3. The third-order valence-corrected chi connectivity index (χ3v) is 4.21. The van der Waals surface area contributed by atoms with Crippen LogP contribution < -0.4 is 9.47 Å². The molecule has 110 valence electrons. The highest BCUT2D eigenvalue weighted by Crippen LogP contribution is 2.38. The Morgan fingerprint density at radius 2 is 1.90 bits per heavy atom. The van der Waals surface area contributed by atoms with Gasteiger partial charge in [-0.05, 0) is 49.4 Å². The summed E-state index contributed by atoms with van der Waals surface area (Å²) in [6, 6.07) is 5.97. The molecule has 1 aromatic carbocycles. The Hall–Kier alpha value is -1.95. The number of aliphatic imine (C=N–C) groups is 1. The van der Waals surface area contributed by atoms with Crippen LogP contribution in [0.15, 0.2) is 40.1 Å². The highest BCUT2D eigenvalue weighted by molar-refractivity contribution is 8.26. The Balaban J connectivity index is 2.01. The van der Waals surface area contributed by atoms with Gasteiger partial charge in [-0.15, -0.1) is 0 Å². The summed E-state index contributed by atoms with van der Waals surface area (Å²) in [5.41, 5.74) is 2.09. The van der Waals surface area contributed by atoms with Gasteiger partial charge in [-0.1, -0.05) is 6.07 Å². The average molecular weight is 303 g/mol. The summed E-state index contributed by atoms with van der Waals surface area (Å²) in [5, 5.41) is 8.44. The minimum absolute atomic E-state index is 0.0299. The normalized spacial score (nSPS) is 20.5. The fourth-order valence-corrected chi connectivity index (χ4v) is 3.24. The van der Waals surface area contributed by atoms with Gasteiger partial charge in [-0.25, -0.2) is 10.0 Å². The number of nitrogens with zero attached hydrogens (tertiary/aromatic N) is 3. The first-order chi connectivity index (χ1) is 10.1. The molecule has 2 aliphatic rings. The maximum absolute atomic E-state index is 5.39. The Bertz CT molecular complexity index is 667. The van der Waals surface area contributed by atoms with E-state index in [4.69, 9.17) is 9.47 Å². The third-order valence-electron chi connectivity index (χ3n) is 3.37. The van der Waals surface area contributed by atoms with Gasteiger partial charge in [0, 0.05) is 5.70 Å². The van der Waals surface area contributed by atoms with E-state index >= 15 is 0 Å². The monoisotopic (exact) mass is 303 g/mol. The number of methoxy groups -OCH3 is 2. The summed E-state index contributed by atoms with van der Waals surface area (Å²) < 4.78 is 10.7. The van der Waals surface area contributed by atoms with E-state index in [9.17, 15) is 0 Å². The molecule has 1 unspecified atom stereocenters. The van der Waals surface area contributed by atoms with Crippen molar-refractivity contribution in [2.24, 2.45) is 10.1 Å². The number of ether oxygens (including phenoxy) is 2. The third kappa shape index (κ3) is 2.51. The second-order valence-electron chi connectivity index (χ2n) is 4.83. The highest BCUT2D eigenvalue weighted by Gasteiger charge is 2.31. The minimum atomic E-state index is 0.0299. The lowest BCUT2D eigenvalue weighted by molar-refractivity contribution is 0.350. The summed E-state index contributed by atoms with van der Waals surface area (Å²) in [5.74, 6) is 1.44. The van der Waals surface area contributed by atoms with Gasteiger partial charge in [0.1, 0.15) is 6.04 Å². The Labute approximate surface area is 128 Å². The Morgan fingerprint density at radius 1 is 1.14 bits per heavy atom. The molecule has 1 aromatic rings. The second kappa shape index (κ2) is 5.44. The lowest BCUT2D eigenvalue weighted by atomic mass is 10.0. The van der Waals surface area contributed by atoms with Crippen molar-refractivity contribution in [1.29, 1.82) is 0 Å². The SMILES string of the molecule is COc1ccc(C2C=C(C)N=C3SC(C)=NN32)cc1OC. The number of amidine groups is 1. The number of fused-ring (bicyclic) bond motifs is 1. The summed E-state index contributed by atoms with van der Waals surface area (Å²) in [6.45, 7) is 4.00. The van der Waals surface area contributed by atoms with Crippen molar-refractivity contribution < 1.29 is 9.47 Å².